The second kappa shape index (κ2) is 2.75. The molecule has 5 nitrogen and oxygen atoms in total. The molecule has 5 heteroatoms. The number of nitroso groups, excluding NO2 is 1. The van der Waals surface area contributed by atoms with Gasteiger partial charge in [0.05, 0.1) is 25.0 Å². The van der Waals surface area contributed by atoms with Crippen molar-refractivity contribution in [2.45, 2.75) is 6.29 Å². The minimum atomic E-state index is -0.851. The Labute approximate surface area is 52.2 Å². The van der Waals surface area contributed by atoms with Crippen molar-refractivity contribution in [2.24, 2.45) is 5.29 Å². The zero-order chi connectivity index (χ0) is 6.69. The molecule has 0 spiro atoms. The summed E-state index contributed by atoms with van der Waals surface area (Å²) in [6, 6.07) is 0. The van der Waals surface area contributed by atoms with Crippen LogP contribution in [0.15, 0.2) is 5.29 Å². The molecule has 52 valence electrons. The van der Waals surface area contributed by atoms with Gasteiger partial charge in [-0.15, -0.1) is 4.91 Å². The molecular weight excluding hydrogens is 125 g/mol. The third kappa shape index (κ3) is 1.62. The monoisotopic (exact) mass is 133 g/mol. The quantitative estimate of drug-likeness (QED) is 0.380. The van der Waals surface area contributed by atoms with Gasteiger partial charge in [-0.25, -0.2) is 0 Å². The molecule has 0 aliphatic carbocycles. The van der Waals surface area contributed by atoms with Crippen LogP contribution in [-0.2, 0) is 4.74 Å². The summed E-state index contributed by atoms with van der Waals surface area (Å²) >= 11 is 0. The molecule has 0 saturated carbocycles. The van der Waals surface area contributed by atoms with Crippen molar-refractivity contribution in [3.05, 3.63) is 4.91 Å². The molecule has 1 heterocycles. The third-order valence-electron chi connectivity index (χ3n) is 1.14. The van der Waals surface area contributed by atoms with E-state index in [0.29, 0.717) is 13.2 Å². The lowest BCUT2D eigenvalue weighted by molar-refractivity contribution is -0.146. The Morgan fingerprint density at radius 3 is 3.00 bits per heavy atom. The zero-order valence-corrected chi connectivity index (χ0v) is 4.86. The van der Waals surface area contributed by atoms with Gasteiger partial charge in [0, 0.05) is 0 Å². The minimum absolute atomic E-state index is 0.184. The highest BCUT2D eigenvalue weighted by atomic mass is 16.6. The van der Waals surface area contributed by atoms with Crippen molar-refractivity contribution < 1.29 is 9.84 Å². The van der Waals surface area contributed by atoms with Crippen molar-refractivity contribution in [2.75, 3.05) is 19.7 Å². The van der Waals surface area contributed by atoms with Crippen molar-refractivity contribution in [3.63, 3.8) is 0 Å². The van der Waals surface area contributed by atoms with Crippen LogP contribution < -0.4 is 0 Å². The molecule has 1 N–H and O–H groups in total. The van der Waals surface area contributed by atoms with Crippen LogP contribution in [0.2, 0.25) is 0 Å². The molecule has 1 aliphatic rings. The van der Waals surface area contributed by atoms with E-state index >= 15 is 0 Å². The van der Waals surface area contributed by atoms with Gasteiger partial charge in [0.25, 0.3) is 0 Å². The van der Waals surface area contributed by atoms with E-state index in [4.69, 9.17) is 9.84 Å². The highest BCUT2D eigenvalue weighted by Crippen LogP contribution is 2.00. The molecule has 0 amide bonds. The van der Waals surface area contributed by atoms with Crippen LogP contribution in [0.1, 0.15) is 0 Å². The largest absolute Gasteiger partial charge is 0.366 e. The topological polar surface area (TPSA) is 62.1 Å². The van der Waals surface area contributed by atoms with Gasteiger partial charge in [0.2, 0.25) is 0 Å². The first kappa shape index (κ1) is 6.44. The molecule has 1 atom stereocenters. The molecule has 0 aromatic heterocycles. The first-order chi connectivity index (χ1) is 4.33. The number of aliphatic hydroxyl groups excluding tert-OH is 1. The van der Waals surface area contributed by atoms with Gasteiger partial charge in [-0.3, -0.25) is 5.01 Å². The van der Waals surface area contributed by atoms with Gasteiger partial charge in [0.15, 0.2) is 6.29 Å². The first-order valence-electron chi connectivity index (χ1n) is 2.71. The van der Waals surface area contributed by atoms with Crippen molar-refractivity contribution in [1.29, 1.82) is 0 Å². The Morgan fingerprint density at radius 1 is 1.78 bits per heavy atom. The number of ether oxygens (including phenoxy) is 1. The van der Waals surface area contributed by atoms with E-state index in [-0.39, 0.29) is 6.54 Å². The van der Waals surface area contributed by atoms with Crippen LogP contribution in [0.4, 0.5) is 0 Å². The number of morpholine rings is 1. The second-order valence-corrected chi connectivity index (χ2v) is 1.82. The molecule has 1 fully saturated rings. The van der Waals surface area contributed by atoms with Gasteiger partial charge in [-0.05, 0) is 0 Å². The predicted molar refractivity (Wildman–Crippen MR) is 29.3 cm³/mol. The number of rotatable bonds is 1. The average molecular weight is 133 g/mol. The fourth-order valence-electron chi connectivity index (χ4n) is 0.693. The first-order valence-corrected chi connectivity index (χ1v) is 2.71. The van der Waals surface area contributed by atoms with Crippen LogP contribution in [0.3, 0.4) is 0 Å². The van der Waals surface area contributed by atoms with E-state index in [2.05, 4.69) is 5.29 Å². The summed E-state index contributed by atoms with van der Waals surface area (Å²) in [5, 5.41) is 12.6. The fourth-order valence-corrected chi connectivity index (χ4v) is 0.693. The maximum Gasteiger partial charge on any atom is 0.174 e. The lowest BCUT2D eigenvalue weighted by Gasteiger charge is -2.24. The molecule has 1 saturated heterocycles. The van der Waals surface area contributed by atoms with E-state index in [1.165, 1.54) is 5.01 Å². The number of β-amino-alcohol motifs (C(OH)–C–C–N with tert-alkyl or cyclic N) is 1. The van der Waals surface area contributed by atoms with E-state index in [9.17, 15) is 4.91 Å². The van der Waals surface area contributed by atoms with Gasteiger partial charge in [0.1, 0.15) is 0 Å². The van der Waals surface area contributed by atoms with E-state index in [1.54, 1.807) is 0 Å². The summed E-state index contributed by atoms with van der Waals surface area (Å²) in [6.45, 7) is 1.02. The van der Waals surface area contributed by atoms with Gasteiger partial charge in [-0.2, -0.15) is 0 Å². The van der Waals surface area contributed by atoms with Crippen molar-refractivity contribution in [3.8, 4) is 0 Å². The smallest absolute Gasteiger partial charge is 0.174 e. The maximum absolute atomic E-state index is 9.81. The molecular formula is C4H8N2O3. The Kier molecular flexibility index (Phi) is 1.96. The third-order valence-corrected chi connectivity index (χ3v) is 1.14. The molecule has 9 heavy (non-hydrogen) atoms. The minimum Gasteiger partial charge on any atom is -0.366 e. The zero-order valence-electron chi connectivity index (χ0n) is 4.86. The van der Waals surface area contributed by atoms with E-state index < -0.39 is 6.29 Å². The maximum atomic E-state index is 9.81. The number of hydrogen-bond donors (Lipinski definition) is 1. The summed E-state index contributed by atoms with van der Waals surface area (Å²) in [5.41, 5.74) is 0. The van der Waals surface area contributed by atoms with Gasteiger partial charge in [-0.1, -0.05) is 0 Å². The summed E-state index contributed by atoms with van der Waals surface area (Å²) < 4.78 is 4.72. The summed E-state index contributed by atoms with van der Waals surface area (Å²) in [4.78, 5) is 9.81. The summed E-state index contributed by atoms with van der Waals surface area (Å²) in [6.07, 6.45) is -0.851. The summed E-state index contributed by atoms with van der Waals surface area (Å²) in [7, 11) is 0. The molecule has 1 aliphatic heterocycles. The molecule has 0 radical (unpaired) electrons. The Balaban J connectivity index is 2.31. The summed E-state index contributed by atoms with van der Waals surface area (Å²) in [5.74, 6) is 0. The van der Waals surface area contributed by atoms with Crippen LogP contribution >= 0.6 is 0 Å². The van der Waals surface area contributed by atoms with Crippen LogP contribution in [0.25, 0.3) is 0 Å². The predicted octanol–water partition coefficient (Wildman–Crippen LogP) is -0.682. The fraction of sp³-hybridized carbons (Fsp3) is 1.00. The average Bonchev–Trinajstić information content (AvgIpc) is 1.88. The van der Waals surface area contributed by atoms with Crippen LogP contribution in [-0.4, -0.2) is 36.1 Å². The molecule has 0 aromatic carbocycles. The molecule has 0 bridgehead atoms. The van der Waals surface area contributed by atoms with Crippen LogP contribution in [0.5, 0.6) is 0 Å². The van der Waals surface area contributed by atoms with Crippen LogP contribution in [0, 0.1) is 4.91 Å². The highest BCUT2D eigenvalue weighted by Gasteiger charge is 2.16. The number of nitrogens with zero attached hydrogens (tertiary/aromatic N) is 2. The van der Waals surface area contributed by atoms with Gasteiger partial charge >= 0.3 is 0 Å². The number of hydrogen-bond acceptors (Lipinski definition) is 4. The standard InChI is InChI=1S/C4H8N2O3/c7-4-3-6(5-8)1-2-9-4/h4,7H,1-3H2/i5+1. The van der Waals surface area contributed by atoms with Gasteiger partial charge < -0.3 is 9.84 Å². The SMILES string of the molecule is O=[15N]N1CCOC(O)C1. The van der Waals surface area contributed by atoms with Crippen molar-refractivity contribution >= 4 is 0 Å². The molecule has 1 unspecified atom stereocenters. The number of aliphatic hydroxyl groups is 1. The Morgan fingerprint density at radius 2 is 2.56 bits per heavy atom. The molecule has 0 aromatic rings. The lowest BCUT2D eigenvalue weighted by Crippen LogP contribution is -2.38. The van der Waals surface area contributed by atoms with E-state index in [0.717, 1.165) is 0 Å². The van der Waals surface area contributed by atoms with Crippen molar-refractivity contribution in [1.82, 2.24) is 5.01 Å². The van der Waals surface area contributed by atoms with E-state index in [1.807, 2.05) is 0 Å². The second-order valence-electron chi connectivity index (χ2n) is 1.82. The Hall–Kier alpha value is -0.680. The lowest BCUT2D eigenvalue weighted by atomic mass is 10.5. The normalized spacial score (nSPS) is 28.1. The molecule has 1 rings (SSSR count). The highest BCUT2D eigenvalue weighted by molar-refractivity contribution is 4.58. The Bertz CT molecular complexity index is 108.